The molecule has 7 nitrogen and oxygen atoms in total. The molecule has 2 N–H and O–H groups in total. The third kappa shape index (κ3) is 6.23. The Hall–Kier alpha value is -3.06. The number of piperazine rings is 1. The van der Waals surface area contributed by atoms with Crippen molar-refractivity contribution in [2.75, 3.05) is 57.5 Å². The van der Waals surface area contributed by atoms with Crippen LogP contribution in [0, 0.1) is 0 Å². The summed E-state index contributed by atoms with van der Waals surface area (Å²) in [4.78, 5) is 31.0. The molecule has 3 rings (SSSR count). The third-order valence-corrected chi connectivity index (χ3v) is 5.87. The van der Waals surface area contributed by atoms with Crippen LogP contribution in [-0.4, -0.2) is 68.5 Å². The van der Waals surface area contributed by atoms with E-state index in [1.54, 1.807) is 30.1 Å². The van der Waals surface area contributed by atoms with E-state index in [2.05, 4.69) is 11.9 Å². The number of amides is 2. The summed E-state index contributed by atoms with van der Waals surface area (Å²) in [7, 11) is 3.81. The Balaban J connectivity index is 1.45. The number of para-hydroxylation sites is 3. The molecule has 0 unspecified atom stereocenters. The standard InChI is InChI=1S/C25H34N4O3/c1-27-15-17-29(18-16-27)24(30)14-4-3-9-19-32-23-13-8-7-12-22(23)28(2)25(31)20-10-5-6-11-21(20)26/h5-8,10-13H,3-4,9,14-19,26H2,1-2H3. The maximum absolute atomic E-state index is 12.9. The van der Waals surface area contributed by atoms with Gasteiger partial charge in [0, 0.05) is 45.3 Å². The molecule has 1 aliphatic rings. The second kappa shape index (κ2) is 11.5. The average molecular weight is 439 g/mol. The maximum Gasteiger partial charge on any atom is 0.260 e. The van der Waals surface area contributed by atoms with Gasteiger partial charge in [-0.1, -0.05) is 24.3 Å². The highest BCUT2D eigenvalue weighted by Crippen LogP contribution is 2.29. The molecule has 0 atom stereocenters. The molecular formula is C25H34N4O3. The highest BCUT2D eigenvalue weighted by atomic mass is 16.5. The van der Waals surface area contributed by atoms with Gasteiger partial charge < -0.3 is 25.2 Å². The van der Waals surface area contributed by atoms with E-state index in [-0.39, 0.29) is 11.8 Å². The first-order chi connectivity index (χ1) is 15.5. The number of anilines is 2. The molecule has 2 aromatic rings. The molecule has 172 valence electrons. The first kappa shape index (κ1) is 23.6. The van der Waals surface area contributed by atoms with E-state index in [1.165, 1.54) is 0 Å². The Labute approximate surface area is 190 Å². The molecule has 1 saturated heterocycles. The Morgan fingerprint density at radius 2 is 1.66 bits per heavy atom. The molecular weight excluding hydrogens is 404 g/mol. The lowest BCUT2D eigenvalue weighted by atomic mass is 10.1. The molecule has 1 fully saturated rings. The minimum atomic E-state index is -0.179. The summed E-state index contributed by atoms with van der Waals surface area (Å²) in [5.41, 5.74) is 7.59. The van der Waals surface area contributed by atoms with Crippen molar-refractivity contribution in [1.29, 1.82) is 0 Å². The highest BCUT2D eigenvalue weighted by Gasteiger charge is 2.19. The zero-order valence-electron chi connectivity index (χ0n) is 19.1. The zero-order chi connectivity index (χ0) is 22.9. The van der Waals surface area contributed by atoms with Gasteiger partial charge in [-0.2, -0.15) is 0 Å². The third-order valence-electron chi connectivity index (χ3n) is 5.87. The van der Waals surface area contributed by atoms with E-state index in [4.69, 9.17) is 10.5 Å². The second-order valence-corrected chi connectivity index (χ2v) is 8.26. The fourth-order valence-electron chi connectivity index (χ4n) is 3.79. The van der Waals surface area contributed by atoms with Crippen LogP contribution >= 0.6 is 0 Å². The lowest BCUT2D eigenvalue weighted by Crippen LogP contribution is -2.47. The molecule has 0 aliphatic carbocycles. The van der Waals surface area contributed by atoms with Crippen LogP contribution in [0.1, 0.15) is 36.0 Å². The Bertz CT molecular complexity index is 910. The van der Waals surface area contributed by atoms with Crippen LogP contribution in [0.15, 0.2) is 48.5 Å². The molecule has 1 heterocycles. The van der Waals surface area contributed by atoms with Crippen LogP contribution < -0.4 is 15.4 Å². The highest BCUT2D eigenvalue weighted by molar-refractivity contribution is 6.09. The topological polar surface area (TPSA) is 79.1 Å². The van der Waals surface area contributed by atoms with Crippen LogP contribution in [-0.2, 0) is 4.79 Å². The molecule has 0 aromatic heterocycles. The van der Waals surface area contributed by atoms with Crippen molar-refractivity contribution in [3.63, 3.8) is 0 Å². The first-order valence-corrected chi connectivity index (χ1v) is 11.3. The lowest BCUT2D eigenvalue weighted by molar-refractivity contribution is -0.132. The number of nitrogens with zero attached hydrogens (tertiary/aromatic N) is 3. The second-order valence-electron chi connectivity index (χ2n) is 8.26. The molecule has 1 aliphatic heterocycles. The van der Waals surface area contributed by atoms with Crippen LogP contribution in [0.4, 0.5) is 11.4 Å². The number of hydrogen-bond acceptors (Lipinski definition) is 5. The number of benzene rings is 2. The van der Waals surface area contributed by atoms with Gasteiger partial charge in [0.25, 0.3) is 5.91 Å². The predicted octanol–water partition coefficient (Wildman–Crippen LogP) is 3.26. The van der Waals surface area contributed by atoms with E-state index in [9.17, 15) is 9.59 Å². The summed E-state index contributed by atoms with van der Waals surface area (Å²) >= 11 is 0. The van der Waals surface area contributed by atoms with Gasteiger partial charge in [0.05, 0.1) is 17.9 Å². The molecule has 0 bridgehead atoms. The quantitative estimate of drug-likeness (QED) is 0.480. The van der Waals surface area contributed by atoms with Crippen molar-refractivity contribution in [3.8, 4) is 5.75 Å². The Morgan fingerprint density at radius 3 is 2.41 bits per heavy atom. The summed E-state index contributed by atoms with van der Waals surface area (Å²) in [6.45, 7) is 4.10. The average Bonchev–Trinajstić information content (AvgIpc) is 2.81. The molecule has 32 heavy (non-hydrogen) atoms. The van der Waals surface area contributed by atoms with E-state index in [1.807, 2.05) is 35.2 Å². The van der Waals surface area contributed by atoms with Gasteiger partial charge in [0.1, 0.15) is 5.75 Å². The number of carbonyl (C=O) groups is 2. The molecule has 0 radical (unpaired) electrons. The fraction of sp³-hybridized carbons (Fsp3) is 0.440. The van der Waals surface area contributed by atoms with Gasteiger partial charge in [0.15, 0.2) is 0 Å². The summed E-state index contributed by atoms with van der Waals surface area (Å²) in [6.07, 6.45) is 3.24. The SMILES string of the molecule is CN1CCN(C(=O)CCCCCOc2ccccc2N(C)C(=O)c2ccccc2N)CC1. The van der Waals surface area contributed by atoms with Crippen molar-refractivity contribution < 1.29 is 14.3 Å². The molecule has 0 spiro atoms. The monoisotopic (exact) mass is 438 g/mol. The van der Waals surface area contributed by atoms with Crippen LogP contribution in [0.2, 0.25) is 0 Å². The van der Waals surface area contributed by atoms with Crippen molar-refractivity contribution in [1.82, 2.24) is 9.80 Å². The van der Waals surface area contributed by atoms with Gasteiger partial charge in [-0.15, -0.1) is 0 Å². The molecule has 2 aromatic carbocycles. The predicted molar refractivity (Wildman–Crippen MR) is 128 cm³/mol. The number of ether oxygens (including phenoxy) is 1. The van der Waals surface area contributed by atoms with Gasteiger partial charge in [-0.25, -0.2) is 0 Å². The van der Waals surface area contributed by atoms with E-state index in [0.717, 1.165) is 45.4 Å². The number of carbonyl (C=O) groups excluding carboxylic acids is 2. The molecule has 2 amide bonds. The van der Waals surface area contributed by atoms with Crippen molar-refractivity contribution in [3.05, 3.63) is 54.1 Å². The van der Waals surface area contributed by atoms with Crippen molar-refractivity contribution >= 4 is 23.2 Å². The Kier molecular flexibility index (Phi) is 8.50. The number of unbranched alkanes of at least 4 members (excludes halogenated alkanes) is 2. The fourth-order valence-corrected chi connectivity index (χ4v) is 3.79. The zero-order valence-corrected chi connectivity index (χ0v) is 19.1. The summed E-state index contributed by atoms with van der Waals surface area (Å²) in [6, 6.07) is 14.5. The Morgan fingerprint density at radius 1 is 0.969 bits per heavy atom. The van der Waals surface area contributed by atoms with Crippen LogP contribution in [0.25, 0.3) is 0 Å². The van der Waals surface area contributed by atoms with Gasteiger partial charge in [-0.3, -0.25) is 9.59 Å². The number of nitrogen functional groups attached to an aromatic ring is 1. The number of hydrogen-bond donors (Lipinski definition) is 1. The van der Waals surface area contributed by atoms with E-state index >= 15 is 0 Å². The van der Waals surface area contributed by atoms with Crippen molar-refractivity contribution in [2.45, 2.75) is 25.7 Å². The summed E-state index contributed by atoms with van der Waals surface area (Å²) < 4.78 is 5.98. The molecule has 7 heteroatoms. The minimum absolute atomic E-state index is 0.179. The minimum Gasteiger partial charge on any atom is -0.491 e. The maximum atomic E-state index is 12.9. The van der Waals surface area contributed by atoms with E-state index in [0.29, 0.717) is 35.7 Å². The summed E-state index contributed by atoms with van der Waals surface area (Å²) in [5.74, 6) is 0.734. The van der Waals surface area contributed by atoms with Gasteiger partial charge in [0.2, 0.25) is 5.91 Å². The summed E-state index contributed by atoms with van der Waals surface area (Å²) in [5, 5.41) is 0. The number of likely N-dealkylation sites (N-methyl/N-ethyl adjacent to an activating group) is 1. The number of nitrogens with two attached hydrogens (primary N) is 1. The van der Waals surface area contributed by atoms with Crippen LogP contribution in [0.5, 0.6) is 5.75 Å². The first-order valence-electron chi connectivity index (χ1n) is 11.3. The molecule has 0 saturated carbocycles. The van der Waals surface area contributed by atoms with Gasteiger partial charge >= 0.3 is 0 Å². The van der Waals surface area contributed by atoms with Gasteiger partial charge in [-0.05, 0) is 50.6 Å². The normalized spacial score (nSPS) is 14.2. The largest absolute Gasteiger partial charge is 0.491 e. The smallest absolute Gasteiger partial charge is 0.260 e. The van der Waals surface area contributed by atoms with Crippen molar-refractivity contribution in [2.24, 2.45) is 0 Å². The van der Waals surface area contributed by atoms with E-state index < -0.39 is 0 Å². The number of rotatable bonds is 9. The lowest BCUT2D eigenvalue weighted by Gasteiger charge is -2.32. The van der Waals surface area contributed by atoms with Crippen LogP contribution in [0.3, 0.4) is 0 Å².